The molecule has 0 radical (unpaired) electrons. The molecule has 0 unspecified atom stereocenters. The fraction of sp³-hybridized carbons (Fsp3) is 0.312. The van der Waals surface area contributed by atoms with Gasteiger partial charge >= 0.3 is 0 Å². The minimum Gasteiger partial charge on any atom is -0.384 e. The van der Waals surface area contributed by atoms with Crippen LogP contribution in [0.4, 0.5) is 5.69 Å². The third-order valence-electron chi connectivity index (χ3n) is 3.00. The summed E-state index contributed by atoms with van der Waals surface area (Å²) in [6.45, 7) is 5.37. The summed E-state index contributed by atoms with van der Waals surface area (Å²) in [7, 11) is 0. The Hall–Kier alpha value is -2.43. The topological polar surface area (TPSA) is 66.9 Å². The molecule has 0 aliphatic heterocycles. The minimum absolute atomic E-state index is 0.183. The van der Waals surface area contributed by atoms with Crippen molar-refractivity contribution in [1.29, 1.82) is 0 Å². The summed E-state index contributed by atoms with van der Waals surface area (Å²) in [5, 5.41) is 6.06. The minimum atomic E-state index is -0.183. The van der Waals surface area contributed by atoms with Gasteiger partial charge in [-0.2, -0.15) is 0 Å². The Balaban J connectivity index is 1.89. The molecule has 110 valence electrons. The molecule has 5 nitrogen and oxygen atoms in total. The number of anilines is 1. The molecule has 0 bridgehead atoms. The molecule has 2 rings (SSSR count). The monoisotopic (exact) mass is 284 g/mol. The zero-order valence-electron chi connectivity index (χ0n) is 12.4. The molecule has 0 spiro atoms. The third-order valence-corrected chi connectivity index (χ3v) is 3.00. The van der Waals surface area contributed by atoms with Crippen molar-refractivity contribution in [3.05, 3.63) is 53.6 Å². The van der Waals surface area contributed by atoms with Gasteiger partial charge in [0.25, 0.3) is 5.91 Å². The Morgan fingerprint density at radius 2 is 2.00 bits per heavy atom. The summed E-state index contributed by atoms with van der Waals surface area (Å²) in [6, 6.07) is 7.47. The van der Waals surface area contributed by atoms with Gasteiger partial charge in [0, 0.05) is 25.0 Å². The first-order valence-electron chi connectivity index (χ1n) is 7.08. The van der Waals surface area contributed by atoms with Crippen LogP contribution in [0.1, 0.15) is 35.1 Å². The standard InChI is InChI=1S/C16H20N4O/c1-3-8-17-14-6-7-15(19-11-14)16(21)20-10-13-5-4-12(2)18-9-13/h4-7,9,11,17H,3,8,10H2,1-2H3,(H,20,21). The average molecular weight is 284 g/mol. The number of hydrogen-bond donors (Lipinski definition) is 2. The quantitative estimate of drug-likeness (QED) is 0.855. The van der Waals surface area contributed by atoms with E-state index in [1.807, 2.05) is 25.1 Å². The van der Waals surface area contributed by atoms with Gasteiger partial charge < -0.3 is 10.6 Å². The van der Waals surface area contributed by atoms with Crippen LogP contribution in [0.15, 0.2) is 36.7 Å². The molecular weight excluding hydrogens is 264 g/mol. The number of amides is 1. The van der Waals surface area contributed by atoms with Crippen molar-refractivity contribution in [2.75, 3.05) is 11.9 Å². The molecular formula is C16H20N4O. The van der Waals surface area contributed by atoms with E-state index >= 15 is 0 Å². The highest BCUT2D eigenvalue weighted by atomic mass is 16.1. The molecule has 0 saturated heterocycles. The molecule has 2 N–H and O–H groups in total. The number of carbonyl (C=O) groups excluding carboxylic acids is 1. The number of aromatic nitrogens is 2. The maximum Gasteiger partial charge on any atom is 0.270 e. The van der Waals surface area contributed by atoms with Gasteiger partial charge in [0.1, 0.15) is 5.69 Å². The second kappa shape index (κ2) is 7.38. The highest BCUT2D eigenvalue weighted by molar-refractivity contribution is 5.92. The van der Waals surface area contributed by atoms with Crippen molar-refractivity contribution < 1.29 is 4.79 Å². The van der Waals surface area contributed by atoms with E-state index in [1.54, 1.807) is 18.5 Å². The van der Waals surface area contributed by atoms with E-state index < -0.39 is 0 Å². The molecule has 21 heavy (non-hydrogen) atoms. The number of nitrogens with zero attached hydrogens (tertiary/aromatic N) is 2. The zero-order valence-corrected chi connectivity index (χ0v) is 12.4. The van der Waals surface area contributed by atoms with E-state index in [0.29, 0.717) is 12.2 Å². The number of aryl methyl sites for hydroxylation is 1. The summed E-state index contributed by atoms with van der Waals surface area (Å²) >= 11 is 0. The summed E-state index contributed by atoms with van der Waals surface area (Å²) < 4.78 is 0. The molecule has 2 heterocycles. The second-order valence-electron chi connectivity index (χ2n) is 4.85. The van der Waals surface area contributed by atoms with Crippen molar-refractivity contribution in [3.63, 3.8) is 0 Å². The van der Waals surface area contributed by atoms with Crippen molar-refractivity contribution in [3.8, 4) is 0 Å². The van der Waals surface area contributed by atoms with Crippen molar-refractivity contribution in [1.82, 2.24) is 15.3 Å². The molecule has 0 aliphatic carbocycles. The third kappa shape index (κ3) is 4.56. The largest absolute Gasteiger partial charge is 0.384 e. The Morgan fingerprint density at radius 1 is 1.14 bits per heavy atom. The normalized spacial score (nSPS) is 10.2. The van der Waals surface area contributed by atoms with Gasteiger partial charge in [0.15, 0.2) is 0 Å². The summed E-state index contributed by atoms with van der Waals surface area (Å²) in [4.78, 5) is 20.4. The summed E-state index contributed by atoms with van der Waals surface area (Å²) in [5.74, 6) is -0.183. The van der Waals surface area contributed by atoms with Crippen LogP contribution in [0.2, 0.25) is 0 Å². The van der Waals surface area contributed by atoms with E-state index in [0.717, 1.165) is 29.9 Å². The van der Waals surface area contributed by atoms with E-state index in [-0.39, 0.29) is 5.91 Å². The van der Waals surface area contributed by atoms with E-state index in [4.69, 9.17) is 0 Å². The molecule has 1 amide bonds. The van der Waals surface area contributed by atoms with E-state index in [1.165, 1.54) is 0 Å². The van der Waals surface area contributed by atoms with Crippen LogP contribution >= 0.6 is 0 Å². The van der Waals surface area contributed by atoms with Crippen LogP contribution in [-0.4, -0.2) is 22.4 Å². The molecule has 2 aromatic heterocycles. The highest BCUT2D eigenvalue weighted by Gasteiger charge is 2.06. The van der Waals surface area contributed by atoms with E-state index in [2.05, 4.69) is 27.5 Å². The maximum absolute atomic E-state index is 12.0. The zero-order chi connectivity index (χ0) is 15.1. The smallest absolute Gasteiger partial charge is 0.270 e. The number of pyridine rings is 2. The number of hydrogen-bond acceptors (Lipinski definition) is 4. The van der Waals surface area contributed by atoms with Crippen molar-refractivity contribution in [2.45, 2.75) is 26.8 Å². The van der Waals surface area contributed by atoms with Crippen LogP contribution in [0.25, 0.3) is 0 Å². The lowest BCUT2D eigenvalue weighted by molar-refractivity contribution is 0.0946. The number of rotatable bonds is 6. The van der Waals surface area contributed by atoms with Gasteiger partial charge in [-0.3, -0.25) is 9.78 Å². The summed E-state index contributed by atoms with van der Waals surface area (Å²) in [5.41, 5.74) is 3.27. The first-order chi connectivity index (χ1) is 10.2. The molecule has 0 atom stereocenters. The van der Waals surface area contributed by atoms with Gasteiger partial charge in [-0.15, -0.1) is 0 Å². The number of nitrogens with one attached hydrogen (secondary N) is 2. The van der Waals surface area contributed by atoms with Gasteiger partial charge in [0.2, 0.25) is 0 Å². The number of carbonyl (C=O) groups is 1. The summed E-state index contributed by atoms with van der Waals surface area (Å²) in [6.07, 6.45) is 4.49. The average Bonchev–Trinajstić information content (AvgIpc) is 2.52. The first kappa shape index (κ1) is 15.0. The van der Waals surface area contributed by atoms with Crippen LogP contribution in [0, 0.1) is 6.92 Å². The van der Waals surface area contributed by atoms with Crippen molar-refractivity contribution in [2.24, 2.45) is 0 Å². The molecule has 0 aromatic carbocycles. The Kier molecular flexibility index (Phi) is 5.26. The predicted octanol–water partition coefficient (Wildman–Crippen LogP) is 2.54. The molecule has 2 aromatic rings. The fourth-order valence-corrected chi connectivity index (χ4v) is 1.78. The van der Waals surface area contributed by atoms with Crippen LogP contribution in [-0.2, 0) is 6.54 Å². The van der Waals surface area contributed by atoms with Crippen LogP contribution in [0.5, 0.6) is 0 Å². The predicted molar refractivity (Wildman–Crippen MR) is 83.2 cm³/mol. The second-order valence-corrected chi connectivity index (χ2v) is 4.85. The van der Waals surface area contributed by atoms with Gasteiger partial charge in [-0.1, -0.05) is 13.0 Å². The van der Waals surface area contributed by atoms with Crippen LogP contribution in [0.3, 0.4) is 0 Å². The molecule has 0 fully saturated rings. The fourth-order valence-electron chi connectivity index (χ4n) is 1.78. The lowest BCUT2D eigenvalue weighted by Crippen LogP contribution is -2.23. The maximum atomic E-state index is 12.0. The Bertz CT molecular complexity index is 578. The lowest BCUT2D eigenvalue weighted by atomic mass is 10.2. The van der Waals surface area contributed by atoms with Gasteiger partial charge in [0.05, 0.1) is 11.9 Å². The highest BCUT2D eigenvalue weighted by Crippen LogP contribution is 2.06. The van der Waals surface area contributed by atoms with Crippen LogP contribution < -0.4 is 10.6 Å². The molecule has 0 saturated carbocycles. The SMILES string of the molecule is CCCNc1ccc(C(=O)NCc2ccc(C)nc2)nc1. The van der Waals surface area contributed by atoms with Crippen molar-refractivity contribution >= 4 is 11.6 Å². The Labute approximate surface area is 124 Å². The van der Waals surface area contributed by atoms with E-state index in [9.17, 15) is 4.79 Å². The molecule has 5 heteroatoms. The molecule has 0 aliphatic rings. The lowest BCUT2D eigenvalue weighted by Gasteiger charge is -2.07. The van der Waals surface area contributed by atoms with Gasteiger partial charge in [-0.05, 0) is 37.1 Å². The Morgan fingerprint density at radius 3 is 2.62 bits per heavy atom. The first-order valence-corrected chi connectivity index (χ1v) is 7.08. The van der Waals surface area contributed by atoms with Gasteiger partial charge in [-0.25, -0.2) is 4.98 Å².